The number of nitrogens with zero attached hydrogens (tertiary/aromatic N) is 2. The first-order valence-corrected chi connectivity index (χ1v) is 11.2. The quantitative estimate of drug-likeness (QED) is 0.395. The maximum Gasteiger partial charge on any atom is 0.255 e. The van der Waals surface area contributed by atoms with E-state index in [2.05, 4.69) is 20.8 Å². The topological polar surface area (TPSA) is 93.2 Å². The van der Waals surface area contributed by atoms with Crippen LogP contribution in [0.2, 0.25) is 0 Å². The van der Waals surface area contributed by atoms with Gasteiger partial charge in [0, 0.05) is 12.0 Å². The number of ether oxygens (including phenoxy) is 1. The van der Waals surface area contributed by atoms with Crippen LogP contribution in [0, 0.1) is 5.82 Å². The number of carbonyl (C=O) groups is 2. The highest BCUT2D eigenvalue weighted by atomic mass is 32.1. The van der Waals surface area contributed by atoms with E-state index in [1.54, 1.807) is 36.4 Å². The Bertz CT molecular complexity index is 1280. The summed E-state index contributed by atoms with van der Waals surface area (Å²) in [4.78, 5) is 26.1. The average Bonchev–Trinajstić information content (AvgIpc) is 3.33. The second kappa shape index (κ2) is 10.7. The van der Waals surface area contributed by atoms with Crippen molar-refractivity contribution in [2.75, 3.05) is 12.4 Å². The number of hydrogen-bond acceptors (Lipinski definition) is 6. The molecule has 2 amide bonds. The summed E-state index contributed by atoms with van der Waals surface area (Å²) < 4.78 is 18.5. The molecule has 0 radical (unpaired) electrons. The Hall–Kier alpha value is -4.11. The van der Waals surface area contributed by atoms with E-state index in [-0.39, 0.29) is 17.4 Å². The number of anilines is 1. The standard InChI is InChI=1S/C25H21FN4O3S/c1-33-21-10-6-5-9-19(21)22(31)27-20(15-16-7-3-2-4-8-16)23(32)28-25-30-29-24(34-25)17-11-13-18(26)14-12-17/h2-14,20H,15H2,1H3,(H,27,31)(H,28,30,32). The van der Waals surface area contributed by atoms with Gasteiger partial charge in [0.25, 0.3) is 5.91 Å². The molecule has 4 aromatic rings. The molecular weight excluding hydrogens is 455 g/mol. The van der Waals surface area contributed by atoms with Gasteiger partial charge >= 0.3 is 0 Å². The summed E-state index contributed by atoms with van der Waals surface area (Å²) in [7, 11) is 1.48. The van der Waals surface area contributed by atoms with Gasteiger partial charge in [-0.25, -0.2) is 4.39 Å². The minimum atomic E-state index is -0.877. The molecule has 1 unspecified atom stereocenters. The fraction of sp³-hybridized carbons (Fsp3) is 0.120. The number of nitrogens with one attached hydrogen (secondary N) is 2. The number of para-hydroxylation sites is 1. The molecule has 1 atom stereocenters. The third-order valence-electron chi connectivity index (χ3n) is 5.00. The minimum absolute atomic E-state index is 0.272. The molecule has 0 aliphatic carbocycles. The maximum absolute atomic E-state index is 13.2. The molecule has 2 N–H and O–H groups in total. The van der Waals surface area contributed by atoms with Gasteiger partial charge in [0.15, 0.2) is 0 Å². The second-order valence-electron chi connectivity index (χ2n) is 7.32. The van der Waals surface area contributed by atoms with Crippen LogP contribution in [-0.4, -0.2) is 35.2 Å². The van der Waals surface area contributed by atoms with Crippen LogP contribution in [0.15, 0.2) is 78.9 Å². The summed E-state index contributed by atoms with van der Waals surface area (Å²) >= 11 is 1.16. The highest BCUT2D eigenvalue weighted by Crippen LogP contribution is 2.26. The van der Waals surface area contributed by atoms with E-state index in [0.717, 1.165) is 16.9 Å². The first-order valence-electron chi connectivity index (χ1n) is 10.4. The van der Waals surface area contributed by atoms with Crippen molar-refractivity contribution in [1.29, 1.82) is 0 Å². The van der Waals surface area contributed by atoms with Gasteiger partial charge in [-0.2, -0.15) is 0 Å². The van der Waals surface area contributed by atoms with Gasteiger partial charge < -0.3 is 10.1 Å². The van der Waals surface area contributed by atoms with Crippen molar-refractivity contribution in [2.24, 2.45) is 0 Å². The molecule has 172 valence electrons. The normalized spacial score (nSPS) is 11.5. The van der Waals surface area contributed by atoms with Gasteiger partial charge in [-0.05, 0) is 42.0 Å². The third-order valence-corrected chi connectivity index (χ3v) is 5.89. The molecule has 0 bridgehead atoms. The fourth-order valence-electron chi connectivity index (χ4n) is 3.30. The van der Waals surface area contributed by atoms with Crippen LogP contribution in [0.1, 0.15) is 15.9 Å². The van der Waals surface area contributed by atoms with E-state index < -0.39 is 17.9 Å². The first-order chi connectivity index (χ1) is 16.5. The summed E-state index contributed by atoms with van der Waals surface area (Å²) in [6.07, 6.45) is 0.275. The lowest BCUT2D eigenvalue weighted by atomic mass is 10.0. The molecule has 0 fully saturated rings. The Balaban J connectivity index is 1.53. The van der Waals surface area contributed by atoms with E-state index in [0.29, 0.717) is 21.9 Å². The number of amides is 2. The summed E-state index contributed by atoms with van der Waals surface area (Å²) in [5, 5.41) is 14.4. The predicted octanol–water partition coefficient (Wildman–Crippen LogP) is 4.33. The number of methoxy groups -OCH3 is 1. The highest BCUT2D eigenvalue weighted by molar-refractivity contribution is 7.18. The van der Waals surface area contributed by atoms with Crippen molar-refractivity contribution in [3.05, 3.63) is 95.8 Å². The molecule has 3 aromatic carbocycles. The molecule has 34 heavy (non-hydrogen) atoms. The van der Waals surface area contributed by atoms with Gasteiger partial charge in [0.05, 0.1) is 12.7 Å². The molecule has 0 spiro atoms. The van der Waals surface area contributed by atoms with Crippen LogP contribution < -0.4 is 15.4 Å². The average molecular weight is 477 g/mol. The number of benzene rings is 3. The third kappa shape index (κ3) is 5.62. The lowest BCUT2D eigenvalue weighted by molar-refractivity contribution is -0.118. The zero-order chi connectivity index (χ0) is 23.9. The largest absolute Gasteiger partial charge is 0.496 e. The van der Waals surface area contributed by atoms with Crippen molar-refractivity contribution < 1.29 is 18.7 Å². The van der Waals surface area contributed by atoms with Gasteiger partial charge in [0.1, 0.15) is 22.6 Å². The Morgan fingerprint density at radius 2 is 1.68 bits per heavy atom. The van der Waals surface area contributed by atoms with E-state index in [4.69, 9.17) is 4.74 Å². The van der Waals surface area contributed by atoms with Crippen molar-refractivity contribution in [2.45, 2.75) is 12.5 Å². The Labute approximate surface area is 199 Å². The van der Waals surface area contributed by atoms with Crippen molar-refractivity contribution in [3.63, 3.8) is 0 Å². The Morgan fingerprint density at radius 3 is 2.41 bits per heavy atom. The van der Waals surface area contributed by atoms with Crippen LogP contribution >= 0.6 is 11.3 Å². The molecule has 0 aliphatic rings. The second-order valence-corrected chi connectivity index (χ2v) is 8.30. The summed E-state index contributed by atoms with van der Waals surface area (Å²) in [5.74, 6) is -0.810. The molecule has 1 heterocycles. The summed E-state index contributed by atoms with van der Waals surface area (Å²) in [6, 6.07) is 21.1. The molecule has 1 aromatic heterocycles. The van der Waals surface area contributed by atoms with Crippen molar-refractivity contribution in [3.8, 4) is 16.3 Å². The van der Waals surface area contributed by atoms with E-state index >= 15 is 0 Å². The molecule has 9 heteroatoms. The smallest absolute Gasteiger partial charge is 0.255 e. The number of aromatic nitrogens is 2. The van der Waals surface area contributed by atoms with Crippen molar-refractivity contribution in [1.82, 2.24) is 15.5 Å². The zero-order valence-electron chi connectivity index (χ0n) is 18.2. The lowest BCUT2D eigenvalue weighted by Crippen LogP contribution is -2.45. The van der Waals surface area contributed by atoms with E-state index in [1.165, 1.54) is 19.2 Å². The lowest BCUT2D eigenvalue weighted by Gasteiger charge is -2.18. The number of hydrogen-bond donors (Lipinski definition) is 2. The summed E-state index contributed by atoms with van der Waals surface area (Å²) in [6.45, 7) is 0. The minimum Gasteiger partial charge on any atom is -0.496 e. The van der Waals surface area contributed by atoms with Crippen LogP contribution in [-0.2, 0) is 11.2 Å². The van der Waals surface area contributed by atoms with Gasteiger partial charge in [-0.1, -0.05) is 53.8 Å². The molecular formula is C25H21FN4O3S. The van der Waals surface area contributed by atoms with Gasteiger partial charge in [-0.3, -0.25) is 14.9 Å². The molecule has 4 rings (SSSR count). The first kappa shape index (κ1) is 23.1. The molecule has 0 saturated carbocycles. The molecule has 0 aliphatic heterocycles. The van der Waals surface area contributed by atoms with E-state index in [9.17, 15) is 14.0 Å². The molecule has 0 saturated heterocycles. The fourth-order valence-corrected chi connectivity index (χ4v) is 4.05. The maximum atomic E-state index is 13.2. The summed E-state index contributed by atoms with van der Waals surface area (Å²) in [5.41, 5.74) is 1.89. The van der Waals surface area contributed by atoms with E-state index in [1.807, 2.05) is 30.3 Å². The zero-order valence-corrected chi connectivity index (χ0v) is 19.0. The highest BCUT2D eigenvalue weighted by Gasteiger charge is 2.24. The van der Waals surface area contributed by atoms with Gasteiger partial charge in [0.2, 0.25) is 11.0 Å². The van der Waals surface area contributed by atoms with Crippen LogP contribution in [0.25, 0.3) is 10.6 Å². The van der Waals surface area contributed by atoms with Crippen LogP contribution in [0.5, 0.6) is 5.75 Å². The number of carbonyl (C=O) groups excluding carboxylic acids is 2. The van der Waals surface area contributed by atoms with Crippen LogP contribution in [0.4, 0.5) is 9.52 Å². The Morgan fingerprint density at radius 1 is 0.971 bits per heavy atom. The number of halogens is 1. The molecule has 7 nitrogen and oxygen atoms in total. The SMILES string of the molecule is COc1ccccc1C(=O)NC(Cc1ccccc1)C(=O)Nc1nnc(-c2ccc(F)cc2)s1. The predicted molar refractivity (Wildman–Crippen MR) is 128 cm³/mol. The number of rotatable bonds is 8. The Kier molecular flexibility index (Phi) is 7.24. The monoisotopic (exact) mass is 476 g/mol. The van der Waals surface area contributed by atoms with Gasteiger partial charge in [-0.15, -0.1) is 10.2 Å². The van der Waals surface area contributed by atoms with Crippen molar-refractivity contribution >= 4 is 28.3 Å². The van der Waals surface area contributed by atoms with Crippen LogP contribution in [0.3, 0.4) is 0 Å².